The molecule has 1 aliphatic rings. The molecule has 0 spiro atoms. The first-order chi connectivity index (χ1) is 8.45. The first-order valence-electron chi connectivity index (χ1n) is 6.26. The summed E-state index contributed by atoms with van der Waals surface area (Å²) in [4.78, 5) is 2.46. The minimum absolute atomic E-state index is 1.06. The normalized spacial score (nSPS) is 18.1. The summed E-state index contributed by atoms with van der Waals surface area (Å²) in [5, 5.41) is 3.36. The van der Waals surface area contributed by atoms with Crippen LogP contribution in [-0.2, 0) is 0 Å². The molecule has 2 heteroatoms. The Bertz CT molecular complexity index is 362. The lowest BCUT2D eigenvalue weighted by Gasteiger charge is -2.25. The van der Waals surface area contributed by atoms with Crippen LogP contribution in [0.3, 0.4) is 0 Å². The molecule has 0 bridgehead atoms. The van der Waals surface area contributed by atoms with Crippen LogP contribution in [0.1, 0.15) is 5.56 Å². The van der Waals surface area contributed by atoms with E-state index in [4.69, 9.17) is 0 Å². The van der Waals surface area contributed by atoms with Crippen LogP contribution in [0.4, 0.5) is 0 Å². The number of rotatable bonds is 4. The van der Waals surface area contributed by atoms with Crippen molar-refractivity contribution in [2.75, 3.05) is 32.7 Å². The molecule has 1 aliphatic heterocycles. The quantitative estimate of drug-likeness (QED) is 0.794. The fourth-order valence-electron chi connectivity index (χ4n) is 1.91. The lowest BCUT2D eigenvalue weighted by atomic mass is 10.2. The van der Waals surface area contributed by atoms with Gasteiger partial charge in [0.05, 0.1) is 0 Å². The van der Waals surface area contributed by atoms with Crippen molar-refractivity contribution in [3.05, 3.63) is 54.1 Å². The summed E-state index contributed by atoms with van der Waals surface area (Å²) in [6.07, 6.45) is 8.60. The summed E-state index contributed by atoms with van der Waals surface area (Å²) in [6, 6.07) is 10.4. The molecule has 1 aromatic carbocycles. The Morgan fingerprint density at radius 1 is 1.06 bits per heavy atom. The average Bonchev–Trinajstić information content (AvgIpc) is 2.41. The van der Waals surface area contributed by atoms with E-state index < -0.39 is 0 Å². The third kappa shape index (κ3) is 4.55. The predicted molar refractivity (Wildman–Crippen MR) is 73.9 cm³/mol. The van der Waals surface area contributed by atoms with E-state index in [1.807, 2.05) is 6.07 Å². The molecule has 1 saturated heterocycles. The van der Waals surface area contributed by atoms with E-state index in [9.17, 15) is 0 Å². The van der Waals surface area contributed by atoms with Crippen LogP contribution < -0.4 is 5.32 Å². The fraction of sp³-hybridized carbons (Fsp3) is 0.333. The van der Waals surface area contributed by atoms with E-state index in [1.165, 1.54) is 5.56 Å². The Morgan fingerprint density at radius 2 is 1.82 bits per heavy atom. The van der Waals surface area contributed by atoms with Gasteiger partial charge in [-0.15, -0.1) is 0 Å². The Kier molecular flexibility index (Phi) is 5.01. The summed E-state index contributed by atoms with van der Waals surface area (Å²) in [6.45, 7) is 5.61. The molecule has 1 heterocycles. The van der Waals surface area contributed by atoms with Crippen molar-refractivity contribution < 1.29 is 0 Å². The van der Waals surface area contributed by atoms with E-state index in [-0.39, 0.29) is 0 Å². The summed E-state index contributed by atoms with van der Waals surface area (Å²) in [5.41, 5.74) is 1.25. The summed E-state index contributed by atoms with van der Waals surface area (Å²) in [7, 11) is 0. The van der Waals surface area contributed by atoms with Gasteiger partial charge in [-0.1, -0.05) is 54.6 Å². The molecule has 0 aromatic heterocycles. The first kappa shape index (κ1) is 12.1. The molecular weight excluding hydrogens is 208 g/mol. The molecule has 2 nitrogen and oxygen atoms in total. The Labute approximate surface area is 104 Å². The van der Waals surface area contributed by atoms with E-state index in [0.717, 1.165) is 32.7 Å². The zero-order valence-electron chi connectivity index (χ0n) is 10.2. The van der Waals surface area contributed by atoms with E-state index in [2.05, 4.69) is 58.8 Å². The second kappa shape index (κ2) is 7.05. The number of hydrogen-bond donors (Lipinski definition) is 1. The van der Waals surface area contributed by atoms with Gasteiger partial charge in [-0.3, -0.25) is 4.90 Å². The maximum absolute atomic E-state index is 3.36. The second-order valence-electron chi connectivity index (χ2n) is 4.25. The van der Waals surface area contributed by atoms with Gasteiger partial charge in [-0.25, -0.2) is 0 Å². The first-order valence-corrected chi connectivity index (χ1v) is 6.26. The van der Waals surface area contributed by atoms with Crippen LogP contribution >= 0.6 is 0 Å². The van der Waals surface area contributed by atoms with Gasteiger partial charge in [0.25, 0.3) is 0 Å². The van der Waals surface area contributed by atoms with Crippen LogP contribution in [-0.4, -0.2) is 37.6 Å². The van der Waals surface area contributed by atoms with Crippen molar-refractivity contribution >= 4 is 6.08 Å². The van der Waals surface area contributed by atoms with Gasteiger partial charge in [0, 0.05) is 32.7 Å². The molecular formula is C15H20N2. The molecule has 0 amide bonds. The molecule has 1 fully saturated rings. The molecule has 0 aliphatic carbocycles. The van der Waals surface area contributed by atoms with Gasteiger partial charge in [-0.05, 0) is 5.56 Å². The van der Waals surface area contributed by atoms with Crippen molar-refractivity contribution in [3.63, 3.8) is 0 Å². The molecule has 90 valence electrons. The van der Waals surface area contributed by atoms with Gasteiger partial charge < -0.3 is 5.32 Å². The van der Waals surface area contributed by atoms with Gasteiger partial charge in [0.1, 0.15) is 0 Å². The number of allylic oxidation sites excluding steroid dienone is 2. The largest absolute Gasteiger partial charge is 0.314 e. The predicted octanol–water partition coefficient (Wildman–Crippen LogP) is 2.16. The van der Waals surface area contributed by atoms with E-state index >= 15 is 0 Å². The van der Waals surface area contributed by atoms with Crippen LogP contribution in [0.2, 0.25) is 0 Å². The molecule has 0 saturated carbocycles. The summed E-state index contributed by atoms with van der Waals surface area (Å²) >= 11 is 0. The Morgan fingerprint density at radius 3 is 2.59 bits per heavy atom. The smallest absolute Gasteiger partial charge is 0.0167 e. The van der Waals surface area contributed by atoms with Gasteiger partial charge in [0.15, 0.2) is 0 Å². The van der Waals surface area contributed by atoms with Gasteiger partial charge in [-0.2, -0.15) is 0 Å². The topological polar surface area (TPSA) is 15.3 Å². The standard InChI is InChI=1S/C15H20N2/c1-3-7-15(8-4-1)9-5-2-6-12-17-13-10-16-11-14-17/h1-9,16H,10-14H2/b6-2+,9-5+. The Balaban J connectivity index is 1.72. The second-order valence-corrected chi connectivity index (χ2v) is 4.25. The van der Waals surface area contributed by atoms with Crippen molar-refractivity contribution in [2.24, 2.45) is 0 Å². The van der Waals surface area contributed by atoms with Crippen LogP contribution in [0, 0.1) is 0 Å². The van der Waals surface area contributed by atoms with Crippen LogP contribution in [0.25, 0.3) is 6.08 Å². The highest BCUT2D eigenvalue weighted by molar-refractivity contribution is 5.50. The lowest BCUT2D eigenvalue weighted by Crippen LogP contribution is -2.43. The zero-order chi connectivity index (χ0) is 11.8. The molecule has 2 rings (SSSR count). The van der Waals surface area contributed by atoms with Gasteiger partial charge in [0.2, 0.25) is 0 Å². The highest BCUT2D eigenvalue weighted by Crippen LogP contribution is 2.01. The highest BCUT2D eigenvalue weighted by Gasteiger charge is 2.05. The van der Waals surface area contributed by atoms with Gasteiger partial charge >= 0.3 is 0 Å². The lowest BCUT2D eigenvalue weighted by molar-refractivity contribution is 0.265. The van der Waals surface area contributed by atoms with Crippen LogP contribution in [0.5, 0.6) is 0 Å². The molecule has 0 atom stereocenters. The molecule has 0 unspecified atom stereocenters. The minimum atomic E-state index is 1.06. The summed E-state index contributed by atoms with van der Waals surface area (Å²) in [5.74, 6) is 0. The number of hydrogen-bond acceptors (Lipinski definition) is 2. The average molecular weight is 228 g/mol. The van der Waals surface area contributed by atoms with Crippen molar-refractivity contribution in [3.8, 4) is 0 Å². The van der Waals surface area contributed by atoms with Crippen LogP contribution in [0.15, 0.2) is 48.6 Å². The number of nitrogens with zero attached hydrogens (tertiary/aromatic N) is 1. The Hall–Kier alpha value is -1.38. The third-order valence-electron chi connectivity index (χ3n) is 2.91. The number of nitrogens with one attached hydrogen (secondary N) is 1. The SMILES string of the molecule is C(/C=C/c1ccccc1)=C\CN1CCNCC1. The van der Waals surface area contributed by atoms with E-state index in [0.29, 0.717) is 0 Å². The molecule has 17 heavy (non-hydrogen) atoms. The minimum Gasteiger partial charge on any atom is -0.314 e. The van der Waals surface area contributed by atoms with Crippen molar-refractivity contribution in [1.82, 2.24) is 10.2 Å². The number of piperazine rings is 1. The fourth-order valence-corrected chi connectivity index (χ4v) is 1.91. The highest BCUT2D eigenvalue weighted by atomic mass is 15.2. The maximum Gasteiger partial charge on any atom is 0.0167 e. The number of benzene rings is 1. The zero-order valence-corrected chi connectivity index (χ0v) is 10.2. The third-order valence-corrected chi connectivity index (χ3v) is 2.91. The summed E-state index contributed by atoms with van der Waals surface area (Å²) < 4.78 is 0. The van der Waals surface area contributed by atoms with E-state index in [1.54, 1.807) is 0 Å². The van der Waals surface area contributed by atoms with Crippen molar-refractivity contribution in [2.45, 2.75) is 0 Å². The molecule has 0 radical (unpaired) electrons. The maximum atomic E-state index is 3.36. The molecule has 1 aromatic rings. The van der Waals surface area contributed by atoms with Crippen molar-refractivity contribution in [1.29, 1.82) is 0 Å². The monoisotopic (exact) mass is 228 g/mol. The molecule has 1 N–H and O–H groups in total.